The van der Waals surface area contributed by atoms with Crippen LogP contribution < -0.4 is 10.3 Å². The number of halogens is 3. The number of carbonyl (C=O) groups excluding carboxylic acids is 1. The molecule has 0 aliphatic carbocycles. The van der Waals surface area contributed by atoms with E-state index in [2.05, 4.69) is 15.1 Å². The van der Waals surface area contributed by atoms with Crippen molar-refractivity contribution in [2.24, 2.45) is 0 Å². The first kappa shape index (κ1) is 25.6. The Morgan fingerprint density at radius 2 is 1.83 bits per heavy atom. The van der Waals surface area contributed by atoms with Gasteiger partial charge in [0, 0.05) is 18.4 Å². The maximum absolute atomic E-state index is 13.2. The summed E-state index contributed by atoms with van der Waals surface area (Å²) in [7, 11) is 0. The minimum absolute atomic E-state index is 0.0956. The van der Waals surface area contributed by atoms with Gasteiger partial charge in [-0.1, -0.05) is 29.8 Å². The van der Waals surface area contributed by atoms with Crippen molar-refractivity contribution in [3.05, 3.63) is 63.3 Å². The summed E-state index contributed by atoms with van der Waals surface area (Å²) in [4.78, 5) is 33.0. The van der Waals surface area contributed by atoms with Gasteiger partial charge in [0.1, 0.15) is 23.7 Å². The first-order valence-corrected chi connectivity index (χ1v) is 11.6. The quantitative estimate of drug-likeness (QED) is 0.350. The average Bonchev–Trinajstić information content (AvgIpc) is 3.14. The second kappa shape index (κ2) is 9.50. The fourth-order valence-electron chi connectivity index (χ4n) is 3.66. The number of benzene rings is 2. The number of fused-ring (bicyclic) bond motifs is 2. The maximum Gasteiger partial charge on any atom is 0.328 e. The summed E-state index contributed by atoms with van der Waals surface area (Å²) in [5, 5.41) is 5.63. The van der Waals surface area contributed by atoms with Gasteiger partial charge in [-0.25, -0.2) is 18.4 Å². The van der Waals surface area contributed by atoms with E-state index >= 15 is 0 Å². The zero-order valence-corrected chi connectivity index (χ0v) is 20.9. The Kier molecular flexibility index (Phi) is 6.74. The molecule has 8 nitrogen and oxygen atoms in total. The summed E-state index contributed by atoms with van der Waals surface area (Å²) in [6.45, 7) is 4.82. The molecule has 0 radical (unpaired) electrons. The summed E-state index contributed by atoms with van der Waals surface area (Å²) in [5.74, 6) is -3.00. The van der Waals surface area contributed by atoms with Gasteiger partial charge in [-0.3, -0.25) is 9.59 Å². The second-order valence-electron chi connectivity index (χ2n) is 9.56. The lowest BCUT2D eigenvalue weighted by Gasteiger charge is -2.19. The van der Waals surface area contributed by atoms with Gasteiger partial charge in [0.15, 0.2) is 6.61 Å². The Morgan fingerprint density at radius 1 is 1.14 bits per heavy atom. The van der Waals surface area contributed by atoms with Crippen LogP contribution in [0.2, 0.25) is 5.02 Å². The minimum Gasteiger partial charge on any atom is -0.486 e. The third kappa shape index (κ3) is 5.99. The average molecular weight is 519 g/mol. The molecule has 0 bridgehead atoms. The van der Waals surface area contributed by atoms with E-state index in [9.17, 15) is 18.4 Å². The Balaban J connectivity index is 1.68. The number of carbonyl (C=O) groups is 1. The first-order valence-electron chi connectivity index (χ1n) is 11.2. The second-order valence-corrected chi connectivity index (χ2v) is 9.97. The van der Waals surface area contributed by atoms with Crippen LogP contribution in [0.15, 0.2) is 41.2 Å². The van der Waals surface area contributed by atoms with Crippen LogP contribution in [0.5, 0.6) is 5.75 Å². The van der Waals surface area contributed by atoms with E-state index in [1.165, 1.54) is 6.07 Å². The molecule has 2 heterocycles. The minimum atomic E-state index is -3.01. The molecule has 0 aliphatic heterocycles. The van der Waals surface area contributed by atoms with Gasteiger partial charge in [0.25, 0.3) is 11.5 Å². The van der Waals surface area contributed by atoms with Crippen molar-refractivity contribution in [3.63, 3.8) is 0 Å². The largest absolute Gasteiger partial charge is 0.486 e. The standard InChI is InChI=1S/C25H25ClF2N4O4/c1-24(2,3)36-22(33)12-32-23(34)15-8-6-5-7-14(15)17(31-32)11-21-29-18-9-16(26)20(10-19(18)30-21)35-13-25(4,27)28/h5-10H,11-13H2,1-4H3,(H,29,30). The van der Waals surface area contributed by atoms with Crippen molar-refractivity contribution in [2.75, 3.05) is 6.61 Å². The summed E-state index contributed by atoms with van der Waals surface area (Å²) >= 11 is 6.20. The predicted octanol–water partition coefficient (Wildman–Crippen LogP) is 4.89. The number of hydrogen-bond donors (Lipinski definition) is 1. The van der Waals surface area contributed by atoms with Crippen LogP contribution in [0.3, 0.4) is 0 Å². The van der Waals surface area contributed by atoms with E-state index in [0.29, 0.717) is 33.3 Å². The van der Waals surface area contributed by atoms with E-state index in [0.717, 1.165) is 11.6 Å². The molecule has 4 aromatic rings. The number of ether oxygens (including phenoxy) is 2. The summed E-state index contributed by atoms with van der Waals surface area (Å²) in [5.41, 5.74) is 0.449. The van der Waals surface area contributed by atoms with Crippen LogP contribution in [0.1, 0.15) is 39.2 Å². The highest BCUT2D eigenvalue weighted by atomic mass is 35.5. The zero-order chi connectivity index (χ0) is 26.3. The number of aromatic nitrogens is 4. The molecule has 0 spiro atoms. The lowest BCUT2D eigenvalue weighted by Crippen LogP contribution is -2.32. The summed E-state index contributed by atoms with van der Waals surface area (Å²) < 4.78 is 38.0. The van der Waals surface area contributed by atoms with Gasteiger partial charge < -0.3 is 14.5 Å². The fourth-order valence-corrected chi connectivity index (χ4v) is 3.88. The molecule has 0 amide bonds. The molecule has 0 atom stereocenters. The number of nitrogens with one attached hydrogen (secondary N) is 1. The van der Waals surface area contributed by atoms with E-state index in [1.54, 1.807) is 51.1 Å². The van der Waals surface area contributed by atoms with Crippen molar-refractivity contribution in [3.8, 4) is 5.75 Å². The number of rotatable bonds is 7. The zero-order valence-electron chi connectivity index (χ0n) is 20.2. The van der Waals surface area contributed by atoms with Crippen molar-refractivity contribution in [1.82, 2.24) is 19.7 Å². The van der Waals surface area contributed by atoms with Crippen LogP contribution in [0.4, 0.5) is 8.78 Å². The fraction of sp³-hybridized carbons (Fsp3) is 0.360. The van der Waals surface area contributed by atoms with Crippen molar-refractivity contribution in [2.45, 2.75) is 52.2 Å². The molecule has 2 aromatic carbocycles. The molecule has 36 heavy (non-hydrogen) atoms. The predicted molar refractivity (Wildman–Crippen MR) is 132 cm³/mol. The van der Waals surface area contributed by atoms with Gasteiger partial charge in [-0.05, 0) is 32.9 Å². The SMILES string of the molecule is CC(F)(F)COc1cc2nc(Cc3nn(CC(=O)OC(C)(C)C)c(=O)c4ccccc34)[nH]c2cc1Cl. The van der Waals surface area contributed by atoms with E-state index in [-0.39, 0.29) is 23.7 Å². The van der Waals surface area contributed by atoms with Crippen LogP contribution >= 0.6 is 11.6 Å². The normalized spacial score (nSPS) is 12.3. The van der Waals surface area contributed by atoms with Crippen LogP contribution in [0, 0.1) is 0 Å². The molecule has 0 saturated carbocycles. The van der Waals surface area contributed by atoms with Crippen LogP contribution in [0.25, 0.3) is 21.8 Å². The number of H-pyrrole nitrogens is 1. The molecule has 2 aromatic heterocycles. The van der Waals surface area contributed by atoms with Crippen molar-refractivity contribution in [1.29, 1.82) is 0 Å². The molecule has 0 unspecified atom stereocenters. The van der Waals surface area contributed by atoms with E-state index in [4.69, 9.17) is 21.1 Å². The molecular weight excluding hydrogens is 494 g/mol. The highest BCUT2D eigenvalue weighted by Gasteiger charge is 2.23. The van der Waals surface area contributed by atoms with Gasteiger partial charge in [0.05, 0.1) is 33.6 Å². The molecule has 1 N–H and O–H groups in total. The molecule has 0 fully saturated rings. The van der Waals surface area contributed by atoms with Crippen molar-refractivity contribution >= 4 is 39.4 Å². The number of aromatic amines is 1. The van der Waals surface area contributed by atoms with Crippen LogP contribution in [-0.2, 0) is 22.5 Å². The highest BCUT2D eigenvalue weighted by Crippen LogP contribution is 2.30. The Bertz CT molecular complexity index is 1500. The summed E-state index contributed by atoms with van der Waals surface area (Å²) in [6.07, 6.45) is 0.199. The monoisotopic (exact) mass is 518 g/mol. The molecule has 0 aliphatic rings. The van der Waals surface area contributed by atoms with E-state index in [1.807, 2.05) is 0 Å². The Hall–Kier alpha value is -3.53. The number of hydrogen-bond acceptors (Lipinski definition) is 6. The maximum atomic E-state index is 13.2. The number of alkyl halides is 2. The molecule has 4 rings (SSSR count). The van der Waals surface area contributed by atoms with Gasteiger partial charge in [-0.2, -0.15) is 5.10 Å². The Labute approximate surface area is 210 Å². The van der Waals surface area contributed by atoms with Gasteiger partial charge in [-0.15, -0.1) is 0 Å². The smallest absolute Gasteiger partial charge is 0.328 e. The molecule has 0 saturated heterocycles. The van der Waals surface area contributed by atoms with Crippen LogP contribution in [-0.4, -0.2) is 43.8 Å². The first-order chi connectivity index (χ1) is 16.8. The number of imidazole rings is 1. The lowest BCUT2D eigenvalue weighted by atomic mass is 10.1. The molecule has 11 heteroatoms. The molecule has 190 valence electrons. The highest BCUT2D eigenvalue weighted by molar-refractivity contribution is 6.32. The third-order valence-electron chi connectivity index (χ3n) is 5.04. The van der Waals surface area contributed by atoms with E-state index < -0.39 is 29.7 Å². The molecular formula is C25H25ClF2N4O4. The topological polar surface area (TPSA) is 99.1 Å². The summed E-state index contributed by atoms with van der Waals surface area (Å²) in [6, 6.07) is 9.99. The van der Waals surface area contributed by atoms with Gasteiger partial charge in [0.2, 0.25) is 0 Å². The Morgan fingerprint density at radius 3 is 2.50 bits per heavy atom. The third-order valence-corrected chi connectivity index (χ3v) is 5.34. The number of esters is 1. The lowest BCUT2D eigenvalue weighted by molar-refractivity contribution is -0.155. The number of nitrogens with zero attached hydrogens (tertiary/aromatic N) is 3. The van der Waals surface area contributed by atoms with Crippen molar-refractivity contribution < 1.29 is 23.0 Å². The van der Waals surface area contributed by atoms with Gasteiger partial charge >= 0.3 is 5.97 Å².